The fourth-order valence-electron chi connectivity index (χ4n) is 3.41. The van der Waals surface area contributed by atoms with Gasteiger partial charge in [0.05, 0.1) is 6.27 Å². The van der Waals surface area contributed by atoms with Gasteiger partial charge in [0.1, 0.15) is 0 Å². The molecule has 0 spiro atoms. The number of sulfonamides is 1. The first-order valence-corrected chi connectivity index (χ1v) is 10.7. The van der Waals surface area contributed by atoms with Crippen molar-refractivity contribution >= 4 is 10.0 Å². The molecule has 144 valence electrons. The zero-order valence-electron chi connectivity index (χ0n) is 16.9. The minimum atomic E-state index is -3.67. The van der Waals surface area contributed by atoms with E-state index in [1.807, 2.05) is 67.6 Å². The number of nitrogens with one attached hydrogen (secondary N) is 1. The molecule has 0 aliphatic heterocycles. The largest absolute Gasteiger partial charge is 0.240 e. The van der Waals surface area contributed by atoms with Gasteiger partial charge in [-0.1, -0.05) is 84.4 Å². The third-order valence-corrected chi connectivity index (χ3v) is 6.43. The first kappa shape index (κ1) is 18.7. The molecule has 3 rings (SSSR count). The highest BCUT2D eigenvalue weighted by molar-refractivity contribution is 7.89. The van der Waals surface area contributed by atoms with Crippen LogP contribution in [0.1, 0.15) is 24.5 Å². The molecule has 0 aliphatic rings. The molecule has 1 N–H and O–H groups in total. The van der Waals surface area contributed by atoms with Crippen LogP contribution in [-0.4, -0.2) is 15.0 Å². The van der Waals surface area contributed by atoms with E-state index in [4.69, 9.17) is 1.37 Å². The molecule has 28 heavy (non-hydrogen) atoms. The second kappa shape index (κ2) is 8.55. The summed E-state index contributed by atoms with van der Waals surface area (Å²) in [5, 5.41) is 0. The topological polar surface area (TPSA) is 46.2 Å². The van der Waals surface area contributed by atoms with Crippen molar-refractivity contribution in [3.8, 4) is 0 Å². The number of allylic oxidation sites excluding steroid dienone is 1. The molecule has 4 heteroatoms. The second-order valence-corrected chi connectivity index (χ2v) is 8.66. The molecule has 0 amide bonds. The van der Waals surface area contributed by atoms with Gasteiger partial charge in [-0.05, 0) is 36.6 Å². The van der Waals surface area contributed by atoms with Gasteiger partial charge in [-0.25, -0.2) is 13.1 Å². The summed E-state index contributed by atoms with van der Waals surface area (Å²) in [5.41, 5.74) is 2.37. The lowest BCUT2D eigenvalue weighted by atomic mass is 9.72. The van der Waals surface area contributed by atoms with E-state index >= 15 is 0 Å². The van der Waals surface area contributed by atoms with Crippen LogP contribution in [0.3, 0.4) is 0 Å². The van der Waals surface area contributed by atoms with Gasteiger partial charge >= 0.3 is 0 Å². The average molecular weight is 393 g/mol. The third kappa shape index (κ3) is 4.24. The predicted molar refractivity (Wildman–Crippen MR) is 115 cm³/mol. The summed E-state index contributed by atoms with van der Waals surface area (Å²) >= 11 is 0. The molecule has 3 nitrogen and oxygen atoms in total. The zero-order chi connectivity index (χ0) is 20.7. The van der Waals surface area contributed by atoms with Gasteiger partial charge in [0.2, 0.25) is 10.0 Å². The normalized spacial score (nSPS) is 12.8. The highest BCUT2D eigenvalue weighted by Crippen LogP contribution is 2.36. The van der Waals surface area contributed by atoms with E-state index in [0.717, 1.165) is 16.7 Å². The molecule has 3 aromatic rings. The highest BCUT2D eigenvalue weighted by Gasteiger charge is 2.34. The van der Waals surface area contributed by atoms with Gasteiger partial charge in [0, 0.05) is 12.0 Å². The van der Waals surface area contributed by atoms with Crippen molar-refractivity contribution in [3.63, 3.8) is 0 Å². The summed E-state index contributed by atoms with van der Waals surface area (Å²) in [6.07, 6.45) is 2.27. The maximum Gasteiger partial charge on any atom is 0.240 e. The van der Waals surface area contributed by atoms with Crippen LogP contribution in [0.5, 0.6) is 0 Å². The minimum Gasteiger partial charge on any atom is -0.210 e. The molecular weight excluding hydrogens is 366 g/mol. The Morgan fingerprint density at radius 1 is 0.929 bits per heavy atom. The maximum atomic E-state index is 13.0. The summed E-state index contributed by atoms with van der Waals surface area (Å²) in [5.74, 6) is 0. The average Bonchev–Trinajstić information content (AvgIpc) is 2.76. The second-order valence-electron chi connectivity index (χ2n) is 6.89. The van der Waals surface area contributed by atoms with E-state index in [1.165, 1.54) is 6.55 Å². The van der Waals surface area contributed by atoms with E-state index in [-0.39, 0.29) is 11.4 Å². The number of benzene rings is 3. The fourth-order valence-corrected chi connectivity index (χ4v) is 4.51. The molecule has 0 aromatic heterocycles. The Labute approximate surface area is 169 Å². The van der Waals surface area contributed by atoms with Gasteiger partial charge in [-0.2, -0.15) is 0 Å². The summed E-state index contributed by atoms with van der Waals surface area (Å²) in [4.78, 5) is 0.245. The van der Waals surface area contributed by atoms with E-state index in [0.29, 0.717) is 6.42 Å². The molecule has 0 saturated heterocycles. The van der Waals surface area contributed by atoms with Crippen LogP contribution in [0, 0.1) is 6.92 Å². The zero-order valence-corrected chi connectivity index (χ0v) is 16.7. The van der Waals surface area contributed by atoms with E-state index in [1.54, 1.807) is 30.3 Å². The lowest BCUT2D eigenvalue weighted by molar-refractivity contribution is 0.499. The van der Waals surface area contributed by atoms with Crippen LogP contribution in [-0.2, 0) is 15.4 Å². The SMILES string of the molecule is [2H]C=CCC(CNS(=O)(=O)c1ccc(C)cc1)(c1ccccc1)c1ccccc1. The molecule has 0 saturated carbocycles. The molecule has 0 aliphatic carbocycles. The fraction of sp³-hybridized carbons (Fsp3) is 0.167. The van der Waals surface area contributed by atoms with Gasteiger partial charge in [-0.15, -0.1) is 6.55 Å². The number of aryl methyl sites for hydroxylation is 1. The third-order valence-electron chi connectivity index (χ3n) is 5.01. The maximum absolute atomic E-state index is 13.0. The number of rotatable bonds is 8. The first-order valence-electron chi connectivity index (χ1n) is 9.76. The van der Waals surface area contributed by atoms with Crippen LogP contribution < -0.4 is 4.72 Å². The van der Waals surface area contributed by atoms with Crippen molar-refractivity contribution < 1.29 is 9.79 Å². The Morgan fingerprint density at radius 2 is 1.46 bits per heavy atom. The summed E-state index contributed by atoms with van der Waals surface area (Å²) < 4.78 is 36.2. The van der Waals surface area contributed by atoms with Crippen LogP contribution in [0.2, 0.25) is 0 Å². The van der Waals surface area contributed by atoms with Crippen molar-refractivity contribution in [2.75, 3.05) is 6.54 Å². The van der Waals surface area contributed by atoms with Crippen LogP contribution in [0.25, 0.3) is 0 Å². The van der Waals surface area contributed by atoms with Crippen LogP contribution in [0.4, 0.5) is 0 Å². The van der Waals surface area contributed by atoms with E-state index in [9.17, 15) is 8.42 Å². The molecule has 0 atom stereocenters. The Morgan fingerprint density at radius 3 is 1.96 bits per heavy atom. The van der Waals surface area contributed by atoms with Crippen molar-refractivity contribution in [2.45, 2.75) is 23.7 Å². The number of hydrogen-bond acceptors (Lipinski definition) is 2. The van der Waals surface area contributed by atoms with Crippen molar-refractivity contribution in [1.29, 1.82) is 0 Å². The van der Waals surface area contributed by atoms with Gasteiger partial charge in [-0.3, -0.25) is 0 Å². The predicted octanol–water partition coefficient (Wildman–Crippen LogP) is 4.84. The van der Waals surface area contributed by atoms with Crippen LogP contribution >= 0.6 is 0 Å². The molecule has 0 bridgehead atoms. The molecule has 0 unspecified atom stereocenters. The molecule has 0 heterocycles. The Kier molecular flexibility index (Phi) is 5.70. The Hall–Kier alpha value is -2.69. The molecule has 0 radical (unpaired) electrons. The first-order chi connectivity index (χ1) is 14.0. The van der Waals surface area contributed by atoms with Gasteiger partial charge in [0.25, 0.3) is 0 Å². The standard InChI is InChI=1S/C24H25NO2S/c1-3-18-24(21-10-6-4-7-11-21,22-12-8-5-9-13-22)19-25-28(26,27)23-16-14-20(2)15-17-23/h3-17,25H,1,18-19H2,2H3/i1D. The Balaban J connectivity index is 2.04. The summed E-state index contributed by atoms with van der Waals surface area (Å²) in [6.45, 7) is 3.36. The van der Waals surface area contributed by atoms with Crippen molar-refractivity contribution in [2.24, 2.45) is 0 Å². The monoisotopic (exact) mass is 392 g/mol. The summed E-state index contributed by atoms with van der Waals surface area (Å²) in [7, 11) is -3.67. The molecular formula is C24H25NO2S. The molecule has 3 aromatic carbocycles. The lowest BCUT2D eigenvalue weighted by Gasteiger charge is -2.34. The quantitative estimate of drug-likeness (QED) is 0.558. The lowest BCUT2D eigenvalue weighted by Crippen LogP contribution is -2.41. The van der Waals surface area contributed by atoms with E-state index < -0.39 is 15.4 Å². The van der Waals surface area contributed by atoms with E-state index in [2.05, 4.69) is 4.72 Å². The van der Waals surface area contributed by atoms with Crippen molar-refractivity contribution in [1.82, 2.24) is 4.72 Å². The van der Waals surface area contributed by atoms with Crippen molar-refractivity contribution in [3.05, 3.63) is 114 Å². The smallest absolute Gasteiger partial charge is 0.210 e. The summed E-state index contributed by atoms with van der Waals surface area (Å²) in [6, 6.07) is 26.5. The van der Waals surface area contributed by atoms with Crippen LogP contribution in [0.15, 0.2) is 102 Å². The number of hydrogen-bond donors (Lipinski definition) is 1. The minimum absolute atomic E-state index is 0.182. The molecule has 0 fully saturated rings. The van der Waals surface area contributed by atoms with Gasteiger partial charge in [0.15, 0.2) is 0 Å². The van der Waals surface area contributed by atoms with Gasteiger partial charge < -0.3 is 0 Å². The highest BCUT2D eigenvalue weighted by atomic mass is 32.2. The Bertz CT molecular complexity index is 1010.